The van der Waals surface area contributed by atoms with Crippen molar-refractivity contribution in [2.75, 3.05) is 0 Å². The van der Waals surface area contributed by atoms with Gasteiger partial charge in [0.2, 0.25) is 0 Å². The molecule has 0 aliphatic heterocycles. The first-order chi connectivity index (χ1) is 6.54. The van der Waals surface area contributed by atoms with Gasteiger partial charge in [-0.25, -0.2) is 0 Å². The van der Waals surface area contributed by atoms with Crippen molar-refractivity contribution in [3.05, 3.63) is 0 Å². The average molecular weight is 258 g/mol. The fourth-order valence-electron chi connectivity index (χ4n) is 2.52. The van der Waals surface area contributed by atoms with Crippen molar-refractivity contribution >= 4 is 15.3 Å². The second kappa shape index (κ2) is 5.25. The van der Waals surface area contributed by atoms with E-state index in [-0.39, 0.29) is 17.0 Å². The summed E-state index contributed by atoms with van der Waals surface area (Å²) in [6.45, 7) is 11.9. The summed E-state index contributed by atoms with van der Waals surface area (Å²) in [6.07, 6.45) is 0. The van der Waals surface area contributed by atoms with Crippen molar-refractivity contribution in [1.82, 2.24) is 0 Å². The zero-order valence-electron chi connectivity index (χ0n) is 10.4. The minimum absolute atomic E-state index is 0.185. The van der Waals surface area contributed by atoms with E-state index in [2.05, 4.69) is 0 Å². The molecule has 4 nitrogen and oxygen atoms in total. The molecule has 0 spiro atoms. The molecule has 0 saturated heterocycles. The SMILES string of the molecule is CC(C)[PH](OP(=O)(O)O)(C(C)C)C(C)C. The van der Waals surface area contributed by atoms with Crippen LogP contribution >= 0.6 is 15.3 Å². The maximum absolute atomic E-state index is 11.1. The summed E-state index contributed by atoms with van der Waals surface area (Å²) in [6, 6.07) is 0. The van der Waals surface area contributed by atoms with Crippen molar-refractivity contribution in [3.8, 4) is 0 Å². The molecule has 0 heterocycles. The third-order valence-electron chi connectivity index (χ3n) is 2.98. The van der Waals surface area contributed by atoms with E-state index in [1.807, 2.05) is 41.5 Å². The summed E-state index contributed by atoms with van der Waals surface area (Å²) in [5.41, 5.74) is 0.556. The molecule has 15 heavy (non-hydrogen) atoms. The van der Waals surface area contributed by atoms with E-state index < -0.39 is 15.3 Å². The Bertz CT molecular complexity index is 223. The van der Waals surface area contributed by atoms with E-state index in [1.165, 1.54) is 0 Å². The quantitative estimate of drug-likeness (QED) is 0.744. The zero-order valence-corrected chi connectivity index (χ0v) is 12.3. The molecule has 0 rings (SSSR count). The molecule has 6 heteroatoms. The van der Waals surface area contributed by atoms with Crippen LogP contribution in [0.2, 0.25) is 0 Å². The van der Waals surface area contributed by atoms with Crippen LogP contribution in [-0.4, -0.2) is 26.8 Å². The normalized spacial score (nSPS) is 15.4. The van der Waals surface area contributed by atoms with Crippen LogP contribution in [0.5, 0.6) is 0 Å². The fraction of sp³-hybridized carbons (Fsp3) is 1.00. The van der Waals surface area contributed by atoms with E-state index in [0.29, 0.717) is 0 Å². The Kier molecular flexibility index (Phi) is 5.44. The maximum atomic E-state index is 11.1. The summed E-state index contributed by atoms with van der Waals surface area (Å²) < 4.78 is 16.3. The van der Waals surface area contributed by atoms with Gasteiger partial charge in [0.25, 0.3) is 0 Å². The van der Waals surface area contributed by atoms with Crippen molar-refractivity contribution in [1.29, 1.82) is 0 Å². The Labute approximate surface area is 93.1 Å². The topological polar surface area (TPSA) is 66.8 Å². The van der Waals surface area contributed by atoms with E-state index in [0.717, 1.165) is 0 Å². The molecule has 0 atom stereocenters. The van der Waals surface area contributed by atoms with Crippen LogP contribution in [0.25, 0.3) is 0 Å². The van der Waals surface area contributed by atoms with E-state index in [1.54, 1.807) is 0 Å². The van der Waals surface area contributed by atoms with Gasteiger partial charge in [-0.15, -0.1) is 0 Å². The van der Waals surface area contributed by atoms with E-state index >= 15 is 0 Å². The second-order valence-corrected chi connectivity index (χ2v) is 11.8. The zero-order chi connectivity index (χ0) is 12.4. The Hall–Kier alpha value is 0.540. The first-order valence-corrected chi connectivity index (χ1v) is 8.97. The molecule has 0 aromatic carbocycles. The standard InChI is InChI=1S/C9H24O4P2/c1-7(2)14(8(3)4,9(5)6)13-15(10,11)12/h7-9,14H,1-6H3,(H2,10,11,12). The molecule has 0 aliphatic carbocycles. The predicted molar refractivity (Wildman–Crippen MR) is 66.9 cm³/mol. The first-order valence-electron chi connectivity index (χ1n) is 5.30. The van der Waals surface area contributed by atoms with Gasteiger partial charge in [0, 0.05) is 0 Å². The number of hydrogen-bond donors (Lipinski definition) is 2. The summed E-state index contributed by atoms with van der Waals surface area (Å²) >= 11 is 0. The van der Waals surface area contributed by atoms with Gasteiger partial charge in [-0.3, -0.25) is 0 Å². The average Bonchev–Trinajstić information content (AvgIpc) is 1.96. The molecular weight excluding hydrogens is 234 g/mol. The fourth-order valence-corrected chi connectivity index (χ4v) is 10.7. The summed E-state index contributed by atoms with van der Waals surface area (Å²) in [5, 5.41) is 0. The molecule has 0 aromatic heterocycles. The van der Waals surface area contributed by atoms with E-state index in [4.69, 9.17) is 14.1 Å². The molecule has 0 aliphatic rings. The monoisotopic (exact) mass is 258 g/mol. The number of rotatable bonds is 5. The van der Waals surface area contributed by atoms with Crippen LogP contribution in [0.15, 0.2) is 0 Å². The summed E-state index contributed by atoms with van der Waals surface area (Å²) in [7, 11) is -6.81. The van der Waals surface area contributed by atoms with Crippen LogP contribution in [0.4, 0.5) is 0 Å². The Balaban J connectivity index is 5.25. The number of hydrogen-bond acceptors (Lipinski definition) is 2. The molecule has 0 fully saturated rings. The van der Waals surface area contributed by atoms with Gasteiger partial charge < -0.3 is 0 Å². The molecular formula is C9H24O4P2. The second-order valence-electron chi connectivity index (χ2n) is 4.90. The third kappa shape index (κ3) is 3.80. The van der Waals surface area contributed by atoms with Gasteiger partial charge in [0.1, 0.15) is 0 Å². The van der Waals surface area contributed by atoms with Crippen molar-refractivity contribution in [2.24, 2.45) is 0 Å². The van der Waals surface area contributed by atoms with Crippen LogP contribution in [0.3, 0.4) is 0 Å². The van der Waals surface area contributed by atoms with Crippen molar-refractivity contribution < 1.29 is 18.7 Å². The Morgan fingerprint density at radius 2 is 1.20 bits per heavy atom. The summed E-state index contributed by atoms with van der Waals surface area (Å²) in [5.74, 6) is 0. The Morgan fingerprint density at radius 3 is 1.27 bits per heavy atom. The first kappa shape index (κ1) is 15.5. The molecule has 94 valence electrons. The van der Waals surface area contributed by atoms with Crippen LogP contribution < -0.4 is 0 Å². The third-order valence-corrected chi connectivity index (χ3v) is 10.6. The van der Waals surface area contributed by atoms with Gasteiger partial charge in [-0.1, -0.05) is 0 Å². The van der Waals surface area contributed by atoms with Crippen molar-refractivity contribution in [2.45, 2.75) is 58.5 Å². The van der Waals surface area contributed by atoms with Crippen LogP contribution in [0.1, 0.15) is 41.5 Å². The molecule has 2 N–H and O–H groups in total. The minimum atomic E-state index is -4.39. The van der Waals surface area contributed by atoms with E-state index in [9.17, 15) is 4.57 Å². The molecule has 0 amide bonds. The van der Waals surface area contributed by atoms with Gasteiger partial charge in [0.05, 0.1) is 0 Å². The van der Waals surface area contributed by atoms with Gasteiger partial charge in [-0.05, 0) is 0 Å². The molecule has 0 radical (unpaired) electrons. The summed E-state index contributed by atoms with van der Waals surface area (Å²) in [4.78, 5) is 18.0. The van der Waals surface area contributed by atoms with Gasteiger partial charge in [-0.2, -0.15) is 0 Å². The Morgan fingerprint density at radius 1 is 0.933 bits per heavy atom. The van der Waals surface area contributed by atoms with Crippen molar-refractivity contribution in [3.63, 3.8) is 0 Å². The van der Waals surface area contributed by atoms with Gasteiger partial charge in [0.15, 0.2) is 0 Å². The molecule has 0 saturated carbocycles. The molecule has 0 aromatic rings. The van der Waals surface area contributed by atoms with Crippen LogP contribution in [0, 0.1) is 0 Å². The molecule has 0 unspecified atom stereocenters. The predicted octanol–water partition coefficient (Wildman–Crippen LogP) is 2.99. The van der Waals surface area contributed by atoms with Gasteiger partial charge >= 0.3 is 92.5 Å². The number of phosphoric acid groups is 1. The van der Waals surface area contributed by atoms with Crippen LogP contribution in [-0.2, 0) is 8.88 Å². The molecule has 0 bridgehead atoms.